The van der Waals surface area contributed by atoms with Crippen LogP contribution in [-0.2, 0) is 6.42 Å². The van der Waals surface area contributed by atoms with E-state index in [1.807, 2.05) is 44.2 Å². The molecule has 1 N–H and O–H groups in total. The molecule has 24 heavy (non-hydrogen) atoms. The molecule has 0 atom stereocenters. The highest BCUT2D eigenvalue weighted by Gasteiger charge is 2.11. The second kappa shape index (κ2) is 6.93. The zero-order valence-corrected chi connectivity index (χ0v) is 14.8. The Morgan fingerprint density at radius 2 is 2.04 bits per heavy atom. The van der Waals surface area contributed by atoms with Gasteiger partial charge in [0.25, 0.3) is 5.91 Å². The average Bonchev–Trinajstić information content (AvgIpc) is 3.07. The molecule has 0 aliphatic rings. The summed E-state index contributed by atoms with van der Waals surface area (Å²) in [5.74, 6) is -0.219. The number of amides is 1. The summed E-state index contributed by atoms with van der Waals surface area (Å²) >= 11 is 1.70. The molecule has 0 spiro atoms. The van der Waals surface area contributed by atoms with Gasteiger partial charge in [-0.15, -0.1) is 11.3 Å². The maximum Gasteiger partial charge on any atom is 0.272 e. The van der Waals surface area contributed by atoms with Gasteiger partial charge in [0.1, 0.15) is 0 Å². The standard InChI is InChI=1S/C19H19N3OS/c1-4-14-9-10-18(24-14)13(3)21-22-19(23)16-11-12(2)20-17-8-6-5-7-15(16)17/h5-11H,4H2,1-3H3,(H,22,23)/b21-13-. The van der Waals surface area contributed by atoms with Crippen LogP contribution in [0.5, 0.6) is 0 Å². The third kappa shape index (κ3) is 3.36. The topological polar surface area (TPSA) is 54.4 Å². The molecule has 4 nitrogen and oxygen atoms in total. The number of nitrogens with one attached hydrogen (secondary N) is 1. The zero-order chi connectivity index (χ0) is 17.1. The molecule has 0 bridgehead atoms. The van der Waals surface area contributed by atoms with E-state index in [1.54, 1.807) is 17.4 Å². The van der Waals surface area contributed by atoms with E-state index in [-0.39, 0.29) is 5.91 Å². The molecule has 0 radical (unpaired) electrons. The van der Waals surface area contributed by atoms with Crippen LogP contribution in [0.2, 0.25) is 0 Å². The summed E-state index contributed by atoms with van der Waals surface area (Å²) in [7, 11) is 0. The van der Waals surface area contributed by atoms with Gasteiger partial charge in [0.15, 0.2) is 0 Å². The van der Waals surface area contributed by atoms with Gasteiger partial charge in [-0.05, 0) is 44.5 Å². The molecule has 2 aromatic heterocycles. The summed E-state index contributed by atoms with van der Waals surface area (Å²) in [6.45, 7) is 5.91. The number of hydrogen-bond acceptors (Lipinski definition) is 4. The maximum absolute atomic E-state index is 12.6. The normalized spacial score (nSPS) is 11.7. The number of carbonyl (C=O) groups is 1. The molecule has 0 fully saturated rings. The first-order chi connectivity index (χ1) is 11.6. The van der Waals surface area contributed by atoms with Gasteiger partial charge in [-0.1, -0.05) is 25.1 Å². The molecule has 3 aromatic rings. The van der Waals surface area contributed by atoms with Gasteiger partial charge < -0.3 is 0 Å². The van der Waals surface area contributed by atoms with Gasteiger partial charge in [-0.2, -0.15) is 5.10 Å². The van der Waals surface area contributed by atoms with Crippen LogP contribution in [0.1, 0.15) is 39.7 Å². The minimum absolute atomic E-state index is 0.219. The van der Waals surface area contributed by atoms with Gasteiger partial charge >= 0.3 is 0 Å². The van der Waals surface area contributed by atoms with Crippen molar-refractivity contribution in [2.45, 2.75) is 27.2 Å². The maximum atomic E-state index is 12.6. The molecule has 0 unspecified atom stereocenters. The summed E-state index contributed by atoms with van der Waals surface area (Å²) in [6.07, 6.45) is 1.01. The predicted molar refractivity (Wildman–Crippen MR) is 99.9 cm³/mol. The van der Waals surface area contributed by atoms with Gasteiger partial charge in [0.05, 0.1) is 21.7 Å². The molecule has 5 heteroatoms. The number of para-hydroxylation sites is 1. The van der Waals surface area contributed by atoms with Crippen molar-refractivity contribution in [2.24, 2.45) is 5.10 Å². The van der Waals surface area contributed by atoms with Gasteiger partial charge in [-0.3, -0.25) is 9.78 Å². The number of thiophene rings is 1. The molecule has 0 aliphatic heterocycles. The first-order valence-electron chi connectivity index (χ1n) is 7.88. The van der Waals surface area contributed by atoms with Crippen molar-refractivity contribution in [1.29, 1.82) is 0 Å². The molecule has 0 saturated heterocycles. The number of aryl methyl sites for hydroxylation is 2. The molecule has 2 heterocycles. The molecule has 3 rings (SSSR count). The lowest BCUT2D eigenvalue weighted by Crippen LogP contribution is -2.19. The van der Waals surface area contributed by atoms with E-state index in [0.29, 0.717) is 5.56 Å². The van der Waals surface area contributed by atoms with Crippen molar-refractivity contribution in [3.8, 4) is 0 Å². The average molecular weight is 337 g/mol. The number of rotatable bonds is 4. The van der Waals surface area contributed by atoms with E-state index in [0.717, 1.165) is 33.6 Å². The van der Waals surface area contributed by atoms with Crippen LogP contribution in [0.15, 0.2) is 47.6 Å². The van der Waals surface area contributed by atoms with E-state index in [2.05, 4.69) is 28.5 Å². The Labute approximate surface area is 145 Å². The van der Waals surface area contributed by atoms with Gasteiger partial charge in [0.2, 0.25) is 0 Å². The number of nitrogens with zero attached hydrogens (tertiary/aromatic N) is 2. The van der Waals surface area contributed by atoms with Crippen LogP contribution < -0.4 is 5.43 Å². The second-order valence-electron chi connectivity index (χ2n) is 5.59. The second-order valence-corrected chi connectivity index (χ2v) is 6.75. The third-order valence-electron chi connectivity index (χ3n) is 3.78. The van der Waals surface area contributed by atoms with Crippen LogP contribution in [0.25, 0.3) is 10.9 Å². The van der Waals surface area contributed by atoms with E-state index in [4.69, 9.17) is 0 Å². The highest BCUT2D eigenvalue weighted by Crippen LogP contribution is 2.19. The number of benzene rings is 1. The smallest absolute Gasteiger partial charge is 0.267 e. The third-order valence-corrected chi connectivity index (χ3v) is 5.12. The minimum atomic E-state index is -0.219. The van der Waals surface area contributed by atoms with Crippen molar-refractivity contribution in [3.63, 3.8) is 0 Å². The van der Waals surface area contributed by atoms with Crippen molar-refractivity contribution in [3.05, 3.63) is 63.5 Å². The molecular formula is C19H19N3OS. The van der Waals surface area contributed by atoms with E-state index >= 15 is 0 Å². The fourth-order valence-corrected chi connectivity index (χ4v) is 3.40. The van der Waals surface area contributed by atoms with Crippen molar-refractivity contribution < 1.29 is 4.79 Å². The number of carbonyl (C=O) groups excluding carboxylic acids is 1. The summed E-state index contributed by atoms with van der Waals surface area (Å²) < 4.78 is 0. The number of hydrazone groups is 1. The lowest BCUT2D eigenvalue weighted by Gasteiger charge is -2.07. The monoisotopic (exact) mass is 337 g/mol. The molecule has 0 saturated carbocycles. The Balaban J connectivity index is 1.86. The molecule has 122 valence electrons. The predicted octanol–water partition coefficient (Wildman–Crippen LogP) is 4.32. The minimum Gasteiger partial charge on any atom is -0.267 e. The molecule has 1 amide bonds. The Bertz CT molecular complexity index is 927. The largest absolute Gasteiger partial charge is 0.272 e. The van der Waals surface area contributed by atoms with Crippen LogP contribution in [0, 0.1) is 6.92 Å². The lowest BCUT2D eigenvalue weighted by molar-refractivity contribution is 0.0956. The van der Waals surface area contributed by atoms with Gasteiger partial charge in [0, 0.05) is 16.0 Å². The molecule has 1 aromatic carbocycles. The fourth-order valence-electron chi connectivity index (χ4n) is 2.51. The summed E-state index contributed by atoms with van der Waals surface area (Å²) in [5.41, 5.74) is 5.70. The van der Waals surface area contributed by atoms with Crippen LogP contribution in [0.3, 0.4) is 0 Å². The quantitative estimate of drug-likeness (QED) is 0.569. The SMILES string of the molecule is CCc1ccc(/C(C)=N\NC(=O)c2cc(C)nc3ccccc23)s1. The van der Waals surface area contributed by atoms with E-state index in [9.17, 15) is 4.79 Å². The van der Waals surface area contributed by atoms with Crippen molar-refractivity contribution in [1.82, 2.24) is 10.4 Å². The lowest BCUT2D eigenvalue weighted by atomic mass is 10.1. The zero-order valence-electron chi connectivity index (χ0n) is 14.0. The number of aromatic nitrogens is 1. The Morgan fingerprint density at radius 3 is 2.79 bits per heavy atom. The number of pyridine rings is 1. The number of hydrogen-bond donors (Lipinski definition) is 1. The van der Waals surface area contributed by atoms with Crippen molar-refractivity contribution in [2.75, 3.05) is 0 Å². The number of fused-ring (bicyclic) bond motifs is 1. The van der Waals surface area contributed by atoms with Gasteiger partial charge in [-0.25, -0.2) is 5.43 Å². The Kier molecular flexibility index (Phi) is 4.71. The van der Waals surface area contributed by atoms with Crippen molar-refractivity contribution >= 4 is 33.9 Å². The Morgan fingerprint density at radius 1 is 1.25 bits per heavy atom. The summed E-state index contributed by atoms with van der Waals surface area (Å²) in [5, 5.41) is 5.09. The first kappa shape index (κ1) is 16.3. The first-order valence-corrected chi connectivity index (χ1v) is 8.70. The molecular weight excluding hydrogens is 318 g/mol. The highest BCUT2D eigenvalue weighted by molar-refractivity contribution is 7.14. The highest BCUT2D eigenvalue weighted by atomic mass is 32.1. The van der Waals surface area contributed by atoms with E-state index < -0.39 is 0 Å². The van der Waals surface area contributed by atoms with Crippen LogP contribution in [-0.4, -0.2) is 16.6 Å². The van der Waals surface area contributed by atoms with Crippen LogP contribution in [0.4, 0.5) is 0 Å². The Hall–Kier alpha value is -2.53. The summed E-state index contributed by atoms with van der Waals surface area (Å²) in [4.78, 5) is 19.4. The molecule has 0 aliphatic carbocycles. The summed E-state index contributed by atoms with van der Waals surface area (Å²) in [6, 6.07) is 13.6. The van der Waals surface area contributed by atoms with E-state index in [1.165, 1.54) is 4.88 Å². The fraction of sp³-hybridized carbons (Fsp3) is 0.211. The van der Waals surface area contributed by atoms with Crippen LogP contribution >= 0.6 is 11.3 Å².